The maximum Gasteiger partial charge on any atom is 0.124 e. The SMILES string of the molecule is CCOC1CC(CC(Cc2ccc(F)cc2Br)NN)C1. The van der Waals surface area contributed by atoms with Gasteiger partial charge in [0.2, 0.25) is 0 Å². The van der Waals surface area contributed by atoms with E-state index in [2.05, 4.69) is 21.4 Å². The number of benzene rings is 1. The van der Waals surface area contributed by atoms with E-state index in [0.29, 0.717) is 12.0 Å². The molecular weight excluding hydrogens is 323 g/mol. The highest BCUT2D eigenvalue weighted by Gasteiger charge is 2.31. The fourth-order valence-corrected chi connectivity index (χ4v) is 3.32. The van der Waals surface area contributed by atoms with Gasteiger partial charge in [-0.25, -0.2) is 4.39 Å². The highest BCUT2D eigenvalue weighted by molar-refractivity contribution is 9.10. The first-order valence-corrected chi connectivity index (χ1v) is 7.93. The Balaban J connectivity index is 1.84. The van der Waals surface area contributed by atoms with Crippen molar-refractivity contribution in [2.24, 2.45) is 11.8 Å². The van der Waals surface area contributed by atoms with Gasteiger partial charge in [0.1, 0.15) is 5.82 Å². The van der Waals surface area contributed by atoms with Crippen LogP contribution in [0.1, 0.15) is 31.7 Å². The Morgan fingerprint density at radius 3 is 2.85 bits per heavy atom. The van der Waals surface area contributed by atoms with Crippen molar-refractivity contribution in [3.63, 3.8) is 0 Å². The molecule has 0 aliphatic heterocycles. The van der Waals surface area contributed by atoms with Gasteiger partial charge < -0.3 is 4.74 Å². The Morgan fingerprint density at radius 2 is 2.25 bits per heavy atom. The Hall–Kier alpha value is -0.490. The van der Waals surface area contributed by atoms with Crippen LogP contribution < -0.4 is 11.3 Å². The predicted molar refractivity (Wildman–Crippen MR) is 81.7 cm³/mol. The second-order valence-corrected chi connectivity index (χ2v) is 6.31. The topological polar surface area (TPSA) is 47.3 Å². The van der Waals surface area contributed by atoms with Crippen LogP contribution in [0.15, 0.2) is 22.7 Å². The Morgan fingerprint density at radius 1 is 1.50 bits per heavy atom. The van der Waals surface area contributed by atoms with E-state index in [1.807, 2.05) is 13.0 Å². The molecule has 0 amide bonds. The average Bonchev–Trinajstić information content (AvgIpc) is 2.37. The maximum absolute atomic E-state index is 13.1. The standard InChI is InChI=1S/C15H22BrFN2O/c1-2-20-14-6-10(7-14)5-13(19-18)8-11-3-4-12(17)9-15(11)16/h3-4,9-10,13-14,19H,2,5-8,18H2,1H3. The fraction of sp³-hybridized carbons (Fsp3) is 0.600. The van der Waals surface area contributed by atoms with Gasteiger partial charge in [0.25, 0.3) is 0 Å². The Bertz CT molecular complexity index is 438. The largest absolute Gasteiger partial charge is 0.378 e. The minimum Gasteiger partial charge on any atom is -0.378 e. The van der Waals surface area contributed by atoms with Crippen molar-refractivity contribution in [1.29, 1.82) is 0 Å². The number of hydrogen-bond acceptors (Lipinski definition) is 3. The van der Waals surface area contributed by atoms with Crippen LogP contribution in [-0.2, 0) is 11.2 Å². The number of nitrogens with two attached hydrogens (primary N) is 1. The summed E-state index contributed by atoms with van der Waals surface area (Å²) in [6.45, 7) is 2.82. The second-order valence-electron chi connectivity index (χ2n) is 5.45. The van der Waals surface area contributed by atoms with Crippen LogP contribution in [0, 0.1) is 11.7 Å². The van der Waals surface area contributed by atoms with Gasteiger partial charge in [0.15, 0.2) is 0 Å². The molecular formula is C15H22BrFN2O. The van der Waals surface area contributed by atoms with Gasteiger partial charge in [0, 0.05) is 17.1 Å². The lowest BCUT2D eigenvalue weighted by Gasteiger charge is -2.37. The minimum atomic E-state index is -0.226. The summed E-state index contributed by atoms with van der Waals surface area (Å²) in [5.74, 6) is 6.10. The summed E-state index contributed by atoms with van der Waals surface area (Å²) < 4.78 is 19.4. The summed E-state index contributed by atoms with van der Waals surface area (Å²) in [4.78, 5) is 0. The molecule has 0 bridgehead atoms. The molecule has 3 N–H and O–H groups in total. The van der Waals surface area contributed by atoms with E-state index in [-0.39, 0.29) is 11.9 Å². The summed E-state index contributed by atoms with van der Waals surface area (Å²) >= 11 is 3.40. The van der Waals surface area contributed by atoms with Gasteiger partial charge in [0.05, 0.1) is 6.10 Å². The zero-order valence-electron chi connectivity index (χ0n) is 11.7. The molecule has 20 heavy (non-hydrogen) atoms. The molecule has 0 heterocycles. The molecule has 1 atom stereocenters. The van der Waals surface area contributed by atoms with Crippen molar-refractivity contribution in [2.75, 3.05) is 6.61 Å². The van der Waals surface area contributed by atoms with E-state index >= 15 is 0 Å². The number of hydrogen-bond donors (Lipinski definition) is 2. The molecule has 1 aliphatic carbocycles. The first-order chi connectivity index (χ1) is 9.62. The first kappa shape index (κ1) is 15.9. The number of rotatable bonds is 7. The lowest BCUT2D eigenvalue weighted by atomic mass is 9.77. The monoisotopic (exact) mass is 344 g/mol. The van der Waals surface area contributed by atoms with E-state index in [4.69, 9.17) is 10.6 Å². The number of halogens is 2. The number of hydrazine groups is 1. The summed E-state index contributed by atoms with van der Waals surface area (Å²) in [6.07, 6.45) is 4.51. The van der Waals surface area contributed by atoms with Crippen LogP contribution >= 0.6 is 15.9 Å². The molecule has 0 aromatic heterocycles. The molecule has 0 radical (unpaired) electrons. The summed E-state index contributed by atoms with van der Waals surface area (Å²) in [7, 11) is 0. The van der Waals surface area contributed by atoms with Crippen molar-refractivity contribution in [3.8, 4) is 0 Å². The molecule has 1 saturated carbocycles. The zero-order valence-corrected chi connectivity index (χ0v) is 13.3. The third kappa shape index (κ3) is 4.25. The normalized spacial score (nSPS) is 23.4. The van der Waals surface area contributed by atoms with Gasteiger partial charge >= 0.3 is 0 Å². The number of ether oxygens (including phenoxy) is 1. The molecule has 1 aliphatic rings. The minimum absolute atomic E-state index is 0.212. The lowest BCUT2D eigenvalue weighted by Crippen LogP contribution is -2.42. The van der Waals surface area contributed by atoms with Gasteiger partial charge in [-0.1, -0.05) is 22.0 Å². The summed E-state index contributed by atoms with van der Waals surface area (Å²) in [6, 6.07) is 5.01. The summed E-state index contributed by atoms with van der Waals surface area (Å²) in [5, 5.41) is 0. The van der Waals surface area contributed by atoms with Crippen LogP contribution in [-0.4, -0.2) is 18.8 Å². The van der Waals surface area contributed by atoms with Gasteiger partial charge in [-0.2, -0.15) is 0 Å². The highest BCUT2D eigenvalue weighted by atomic mass is 79.9. The quantitative estimate of drug-likeness (QED) is 0.590. The lowest BCUT2D eigenvalue weighted by molar-refractivity contribution is -0.0290. The second kappa shape index (κ2) is 7.50. The van der Waals surface area contributed by atoms with Crippen LogP contribution in [0.25, 0.3) is 0 Å². The van der Waals surface area contributed by atoms with Crippen molar-refractivity contribution in [1.82, 2.24) is 5.43 Å². The average molecular weight is 345 g/mol. The van der Waals surface area contributed by atoms with Crippen LogP contribution in [0.3, 0.4) is 0 Å². The van der Waals surface area contributed by atoms with Crippen molar-refractivity contribution < 1.29 is 9.13 Å². The molecule has 0 saturated heterocycles. The van der Waals surface area contributed by atoms with Crippen molar-refractivity contribution in [3.05, 3.63) is 34.1 Å². The van der Waals surface area contributed by atoms with E-state index in [1.165, 1.54) is 12.1 Å². The highest BCUT2D eigenvalue weighted by Crippen LogP contribution is 2.34. The van der Waals surface area contributed by atoms with Gasteiger partial charge in [-0.15, -0.1) is 0 Å². The van der Waals surface area contributed by atoms with Crippen LogP contribution in [0.2, 0.25) is 0 Å². The van der Waals surface area contributed by atoms with Crippen molar-refractivity contribution >= 4 is 15.9 Å². The molecule has 1 unspecified atom stereocenters. The van der Waals surface area contributed by atoms with E-state index in [9.17, 15) is 4.39 Å². The molecule has 1 fully saturated rings. The van der Waals surface area contributed by atoms with Gasteiger partial charge in [-0.3, -0.25) is 11.3 Å². The molecule has 1 aromatic rings. The molecule has 2 rings (SSSR count). The van der Waals surface area contributed by atoms with E-state index in [1.54, 1.807) is 0 Å². The van der Waals surface area contributed by atoms with Crippen LogP contribution in [0.5, 0.6) is 0 Å². The third-order valence-corrected chi connectivity index (χ3v) is 4.67. The molecule has 112 valence electrons. The number of nitrogens with one attached hydrogen (secondary N) is 1. The molecule has 1 aromatic carbocycles. The maximum atomic E-state index is 13.1. The van der Waals surface area contributed by atoms with E-state index in [0.717, 1.165) is 42.3 Å². The van der Waals surface area contributed by atoms with E-state index < -0.39 is 0 Å². The molecule has 5 heteroatoms. The first-order valence-electron chi connectivity index (χ1n) is 7.14. The van der Waals surface area contributed by atoms with Gasteiger partial charge in [-0.05, 0) is 56.2 Å². The molecule has 3 nitrogen and oxygen atoms in total. The molecule has 0 spiro atoms. The fourth-order valence-electron chi connectivity index (χ4n) is 2.80. The van der Waals surface area contributed by atoms with Crippen molar-refractivity contribution in [2.45, 2.75) is 44.8 Å². The van der Waals surface area contributed by atoms with Crippen LogP contribution in [0.4, 0.5) is 4.39 Å². The third-order valence-electron chi connectivity index (χ3n) is 3.93. The smallest absolute Gasteiger partial charge is 0.124 e. The zero-order chi connectivity index (χ0) is 14.5. The Labute approximate surface area is 128 Å². The predicted octanol–water partition coefficient (Wildman–Crippen LogP) is 3.17. The Kier molecular flexibility index (Phi) is 5.96. The summed E-state index contributed by atoms with van der Waals surface area (Å²) in [5.41, 5.74) is 3.96.